The summed E-state index contributed by atoms with van der Waals surface area (Å²) in [5, 5.41) is 0. The van der Waals surface area contributed by atoms with Crippen LogP contribution >= 0.6 is 0 Å². The minimum absolute atomic E-state index is 0.499. The molecule has 1 nitrogen and oxygen atoms in total. The van der Waals surface area contributed by atoms with Crippen LogP contribution in [-0.4, -0.2) is 6.54 Å². The van der Waals surface area contributed by atoms with Crippen LogP contribution in [0, 0.1) is 17.3 Å². The molecule has 1 rings (SSSR count). The van der Waals surface area contributed by atoms with Gasteiger partial charge in [0, 0.05) is 0 Å². The van der Waals surface area contributed by atoms with Crippen LogP contribution < -0.4 is 5.73 Å². The van der Waals surface area contributed by atoms with E-state index in [-0.39, 0.29) is 0 Å². The Morgan fingerprint density at radius 1 is 1.11 bits per heavy atom. The number of unbranched alkanes of at least 4 members (excludes halogenated alkanes) is 1. The van der Waals surface area contributed by atoms with Crippen molar-refractivity contribution in [3.05, 3.63) is 0 Å². The summed E-state index contributed by atoms with van der Waals surface area (Å²) in [7, 11) is 0. The molecule has 1 heteroatoms. The second-order valence-corrected chi connectivity index (χ2v) is 6.68. The van der Waals surface area contributed by atoms with Gasteiger partial charge in [0.2, 0.25) is 0 Å². The number of nitrogens with two attached hydrogens (primary N) is 1. The molecular weight excluding hydrogens is 218 g/mol. The zero-order valence-corrected chi connectivity index (χ0v) is 13.0. The average molecular weight is 253 g/mol. The van der Waals surface area contributed by atoms with Crippen molar-refractivity contribution in [1.29, 1.82) is 0 Å². The quantitative estimate of drug-likeness (QED) is 0.637. The lowest BCUT2D eigenvalue weighted by atomic mass is 9.65. The second kappa shape index (κ2) is 8.19. The van der Waals surface area contributed by atoms with Crippen molar-refractivity contribution in [3.63, 3.8) is 0 Å². The molecule has 1 fully saturated rings. The highest BCUT2D eigenvalue weighted by Gasteiger charge is 2.35. The molecule has 1 aliphatic carbocycles. The summed E-state index contributed by atoms with van der Waals surface area (Å²) in [6, 6.07) is 0. The number of hydrogen-bond acceptors (Lipinski definition) is 1. The van der Waals surface area contributed by atoms with Crippen LogP contribution in [0.3, 0.4) is 0 Å². The van der Waals surface area contributed by atoms with Gasteiger partial charge in [0.15, 0.2) is 0 Å². The van der Waals surface area contributed by atoms with Crippen LogP contribution in [-0.2, 0) is 0 Å². The minimum atomic E-state index is 0.499. The van der Waals surface area contributed by atoms with Gasteiger partial charge < -0.3 is 5.73 Å². The summed E-state index contributed by atoms with van der Waals surface area (Å²) >= 11 is 0. The standard InChI is InChI=1S/C17H35N/c1-4-7-8-16-9-11-17(14-18,12-10-16)13-15(5-2)6-3/h15-16H,4-14,18H2,1-3H3. The molecule has 1 aliphatic rings. The fraction of sp³-hybridized carbons (Fsp3) is 1.00. The molecule has 0 aromatic carbocycles. The van der Waals surface area contributed by atoms with E-state index in [1.54, 1.807) is 0 Å². The Bertz CT molecular complexity index is 200. The van der Waals surface area contributed by atoms with Crippen molar-refractivity contribution in [2.24, 2.45) is 23.0 Å². The molecule has 1 saturated carbocycles. The van der Waals surface area contributed by atoms with Crippen molar-refractivity contribution in [2.75, 3.05) is 6.54 Å². The predicted octanol–water partition coefficient (Wildman–Crippen LogP) is 5.14. The Balaban J connectivity index is 2.43. The van der Waals surface area contributed by atoms with Gasteiger partial charge in [-0.2, -0.15) is 0 Å². The molecule has 0 bridgehead atoms. The molecule has 0 aromatic rings. The first-order valence-electron chi connectivity index (χ1n) is 8.39. The van der Waals surface area contributed by atoms with Crippen molar-refractivity contribution >= 4 is 0 Å². The first-order valence-corrected chi connectivity index (χ1v) is 8.39. The fourth-order valence-corrected chi connectivity index (χ4v) is 3.75. The molecule has 0 saturated heterocycles. The number of hydrogen-bond donors (Lipinski definition) is 1. The van der Waals surface area contributed by atoms with Gasteiger partial charge in [-0.05, 0) is 55.9 Å². The Kier molecular flexibility index (Phi) is 7.29. The zero-order chi connectivity index (χ0) is 13.4. The highest BCUT2D eigenvalue weighted by molar-refractivity contribution is 4.88. The molecule has 0 amide bonds. The maximum absolute atomic E-state index is 6.14. The van der Waals surface area contributed by atoms with E-state index in [0.29, 0.717) is 5.41 Å². The lowest BCUT2D eigenvalue weighted by molar-refractivity contribution is 0.113. The van der Waals surface area contributed by atoms with Gasteiger partial charge in [-0.1, -0.05) is 52.9 Å². The van der Waals surface area contributed by atoms with Crippen LogP contribution in [0.2, 0.25) is 0 Å². The van der Waals surface area contributed by atoms with E-state index in [9.17, 15) is 0 Å². The lowest BCUT2D eigenvalue weighted by Crippen LogP contribution is -2.36. The Morgan fingerprint density at radius 3 is 2.17 bits per heavy atom. The zero-order valence-electron chi connectivity index (χ0n) is 13.0. The lowest BCUT2D eigenvalue weighted by Gasteiger charge is -2.41. The summed E-state index contributed by atoms with van der Waals surface area (Å²) in [4.78, 5) is 0. The summed E-state index contributed by atoms with van der Waals surface area (Å²) in [6.45, 7) is 7.90. The smallest absolute Gasteiger partial charge is 0.00204 e. The molecule has 108 valence electrons. The normalized spacial score (nSPS) is 28.8. The minimum Gasteiger partial charge on any atom is -0.330 e. The molecular formula is C17H35N. The maximum Gasteiger partial charge on any atom is -0.00204 e. The molecule has 0 spiro atoms. The fourth-order valence-electron chi connectivity index (χ4n) is 3.75. The molecule has 0 atom stereocenters. The molecule has 18 heavy (non-hydrogen) atoms. The second-order valence-electron chi connectivity index (χ2n) is 6.68. The summed E-state index contributed by atoms with van der Waals surface area (Å²) < 4.78 is 0. The maximum atomic E-state index is 6.14. The van der Waals surface area contributed by atoms with Gasteiger partial charge in [0.1, 0.15) is 0 Å². The highest BCUT2D eigenvalue weighted by Crippen LogP contribution is 2.44. The Labute approximate surface area is 115 Å². The molecule has 2 N–H and O–H groups in total. The molecule has 0 aliphatic heterocycles. The molecule has 0 unspecified atom stereocenters. The third-order valence-corrected chi connectivity index (χ3v) is 5.44. The first kappa shape index (κ1) is 16.0. The van der Waals surface area contributed by atoms with E-state index in [2.05, 4.69) is 20.8 Å². The largest absolute Gasteiger partial charge is 0.330 e. The van der Waals surface area contributed by atoms with Crippen LogP contribution in [0.25, 0.3) is 0 Å². The third-order valence-electron chi connectivity index (χ3n) is 5.44. The van der Waals surface area contributed by atoms with E-state index in [1.165, 1.54) is 64.2 Å². The monoisotopic (exact) mass is 253 g/mol. The number of rotatable bonds is 8. The highest BCUT2D eigenvalue weighted by atomic mass is 14.6. The van der Waals surface area contributed by atoms with Crippen molar-refractivity contribution in [1.82, 2.24) is 0 Å². The van der Waals surface area contributed by atoms with Crippen molar-refractivity contribution in [2.45, 2.75) is 85.0 Å². The average Bonchev–Trinajstić information content (AvgIpc) is 2.44. The first-order chi connectivity index (χ1) is 8.69. The van der Waals surface area contributed by atoms with Gasteiger partial charge in [0.05, 0.1) is 0 Å². The third kappa shape index (κ3) is 4.57. The van der Waals surface area contributed by atoms with E-state index < -0.39 is 0 Å². The SMILES string of the molecule is CCCCC1CCC(CN)(CC(CC)CC)CC1. The van der Waals surface area contributed by atoms with Gasteiger partial charge in [-0.15, -0.1) is 0 Å². The van der Waals surface area contributed by atoms with Crippen molar-refractivity contribution < 1.29 is 0 Å². The van der Waals surface area contributed by atoms with Crippen LogP contribution in [0.4, 0.5) is 0 Å². The van der Waals surface area contributed by atoms with Crippen LogP contribution in [0.15, 0.2) is 0 Å². The summed E-state index contributed by atoms with van der Waals surface area (Å²) in [6.07, 6.45) is 14.0. The molecule has 0 radical (unpaired) electrons. The predicted molar refractivity (Wildman–Crippen MR) is 81.7 cm³/mol. The topological polar surface area (TPSA) is 26.0 Å². The molecule has 0 heterocycles. The van der Waals surface area contributed by atoms with E-state index in [4.69, 9.17) is 5.73 Å². The summed E-state index contributed by atoms with van der Waals surface area (Å²) in [5.74, 6) is 1.91. The van der Waals surface area contributed by atoms with E-state index in [0.717, 1.165) is 18.4 Å². The van der Waals surface area contributed by atoms with Gasteiger partial charge in [0.25, 0.3) is 0 Å². The van der Waals surface area contributed by atoms with Crippen molar-refractivity contribution in [3.8, 4) is 0 Å². The van der Waals surface area contributed by atoms with Crippen LogP contribution in [0.1, 0.15) is 85.0 Å². The van der Waals surface area contributed by atoms with E-state index >= 15 is 0 Å². The van der Waals surface area contributed by atoms with Gasteiger partial charge in [-0.3, -0.25) is 0 Å². The molecule has 0 aromatic heterocycles. The summed E-state index contributed by atoms with van der Waals surface area (Å²) in [5.41, 5.74) is 6.64. The van der Waals surface area contributed by atoms with Gasteiger partial charge >= 0.3 is 0 Å². The Hall–Kier alpha value is -0.0400. The van der Waals surface area contributed by atoms with E-state index in [1.807, 2.05) is 0 Å². The van der Waals surface area contributed by atoms with Gasteiger partial charge in [-0.25, -0.2) is 0 Å². The van der Waals surface area contributed by atoms with Crippen LogP contribution in [0.5, 0.6) is 0 Å². The Morgan fingerprint density at radius 2 is 1.72 bits per heavy atom.